The van der Waals surface area contributed by atoms with Crippen molar-refractivity contribution in [3.8, 4) is 0 Å². The van der Waals surface area contributed by atoms with Gasteiger partial charge in [-0.1, -0.05) is 90.4 Å². The fourth-order valence-corrected chi connectivity index (χ4v) is 3.34. The molecule has 0 rings (SSSR count). The predicted molar refractivity (Wildman–Crippen MR) is 93.2 cm³/mol. The van der Waals surface area contributed by atoms with Gasteiger partial charge in [-0.2, -0.15) is 0 Å². The molecule has 0 unspecified atom stereocenters. The van der Waals surface area contributed by atoms with Crippen molar-refractivity contribution in [3.63, 3.8) is 0 Å². The molecule has 22 heavy (non-hydrogen) atoms. The highest BCUT2D eigenvalue weighted by molar-refractivity contribution is 7.89. The molecule has 0 amide bonds. The van der Waals surface area contributed by atoms with Gasteiger partial charge in [-0.25, -0.2) is 8.42 Å². The Balaban J connectivity index is 3.19. The van der Waals surface area contributed by atoms with Crippen LogP contribution < -0.4 is 0 Å². The molecular weight excluding hydrogens is 298 g/mol. The van der Waals surface area contributed by atoms with Crippen molar-refractivity contribution in [2.24, 2.45) is 4.52 Å². The van der Waals surface area contributed by atoms with Crippen LogP contribution >= 0.6 is 0 Å². The number of sulfonamides is 1. The number of hydrogen-bond donors (Lipinski definition) is 0. The molecule has 0 atom stereocenters. The summed E-state index contributed by atoms with van der Waals surface area (Å²) in [7, 11) is -3.54. The Bertz CT molecular complexity index is 390. The van der Waals surface area contributed by atoms with Crippen molar-refractivity contribution in [1.82, 2.24) is 0 Å². The molecule has 0 saturated heterocycles. The van der Waals surface area contributed by atoms with Crippen LogP contribution in [0.25, 0.3) is 10.4 Å². The quantitative estimate of drug-likeness (QED) is 0.148. The van der Waals surface area contributed by atoms with E-state index in [2.05, 4.69) is 16.4 Å². The van der Waals surface area contributed by atoms with E-state index in [9.17, 15) is 8.42 Å². The van der Waals surface area contributed by atoms with Crippen LogP contribution in [0.15, 0.2) is 4.52 Å². The van der Waals surface area contributed by atoms with Crippen molar-refractivity contribution in [3.05, 3.63) is 10.4 Å². The van der Waals surface area contributed by atoms with Gasteiger partial charge in [-0.15, -0.1) is 0 Å². The maximum Gasteiger partial charge on any atom is 0.235 e. The molecule has 6 heteroatoms. The van der Waals surface area contributed by atoms with Gasteiger partial charge >= 0.3 is 0 Å². The second kappa shape index (κ2) is 15.2. The summed E-state index contributed by atoms with van der Waals surface area (Å²) in [6.07, 6.45) is 17.2. The molecule has 0 saturated carbocycles. The van der Waals surface area contributed by atoms with Gasteiger partial charge in [0.05, 0.1) is 5.75 Å². The lowest BCUT2D eigenvalue weighted by molar-refractivity contribution is 0.537. The van der Waals surface area contributed by atoms with E-state index in [-0.39, 0.29) is 5.75 Å². The van der Waals surface area contributed by atoms with Crippen molar-refractivity contribution >= 4 is 10.0 Å². The van der Waals surface area contributed by atoms with E-state index in [4.69, 9.17) is 5.53 Å². The molecule has 0 N–H and O–H groups in total. The summed E-state index contributed by atoms with van der Waals surface area (Å²) in [5.41, 5.74) is 8.10. The monoisotopic (exact) mass is 331 g/mol. The van der Waals surface area contributed by atoms with Crippen LogP contribution in [0.3, 0.4) is 0 Å². The Morgan fingerprint density at radius 3 is 1.45 bits per heavy atom. The summed E-state index contributed by atoms with van der Waals surface area (Å²) in [6, 6.07) is 0. The molecule has 0 fully saturated rings. The first kappa shape index (κ1) is 21.3. The number of hydrogen-bond acceptors (Lipinski definition) is 2. The van der Waals surface area contributed by atoms with E-state index < -0.39 is 10.0 Å². The summed E-state index contributed by atoms with van der Waals surface area (Å²) in [5.74, 6) is -0.0188. The highest BCUT2D eigenvalue weighted by atomic mass is 32.2. The lowest BCUT2D eigenvalue weighted by atomic mass is 10.0. The first-order valence-corrected chi connectivity index (χ1v) is 10.5. The van der Waals surface area contributed by atoms with Crippen LogP contribution in [-0.2, 0) is 10.0 Å². The van der Waals surface area contributed by atoms with E-state index in [0.717, 1.165) is 12.8 Å². The third-order valence-electron chi connectivity index (χ3n) is 3.92. The summed E-state index contributed by atoms with van der Waals surface area (Å²) in [5, 5.41) is 0. The fourth-order valence-electron chi connectivity index (χ4n) is 2.58. The minimum atomic E-state index is -3.54. The minimum Gasteiger partial charge on any atom is -0.221 e. The maximum absolute atomic E-state index is 11.1. The summed E-state index contributed by atoms with van der Waals surface area (Å²) in [4.78, 5) is 2.33. The number of azide groups is 1. The average molecular weight is 332 g/mol. The van der Waals surface area contributed by atoms with E-state index in [1.165, 1.54) is 70.6 Å². The van der Waals surface area contributed by atoms with Gasteiger partial charge in [0, 0.05) is 9.43 Å². The lowest BCUT2D eigenvalue weighted by Gasteiger charge is -2.03. The molecule has 0 bridgehead atoms. The zero-order valence-corrected chi connectivity index (χ0v) is 15.0. The SMILES string of the molecule is CCCCCCCCCCCCCCCCS(=O)(=O)N=[N+]=[N-]. The predicted octanol–water partition coefficient (Wildman–Crippen LogP) is 6.11. The highest BCUT2D eigenvalue weighted by Gasteiger charge is 2.06. The van der Waals surface area contributed by atoms with Gasteiger partial charge in [0.15, 0.2) is 0 Å². The fraction of sp³-hybridized carbons (Fsp3) is 1.00. The molecule has 0 aromatic rings. The molecule has 130 valence electrons. The van der Waals surface area contributed by atoms with E-state index in [1.54, 1.807) is 0 Å². The Hall–Kier alpha value is -0.740. The normalized spacial score (nSPS) is 11.3. The summed E-state index contributed by atoms with van der Waals surface area (Å²) >= 11 is 0. The molecule has 0 heterocycles. The maximum atomic E-state index is 11.1. The van der Waals surface area contributed by atoms with Gasteiger partial charge in [-0.3, -0.25) is 0 Å². The smallest absolute Gasteiger partial charge is 0.221 e. The zero-order valence-electron chi connectivity index (χ0n) is 14.2. The Morgan fingerprint density at radius 2 is 1.09 bits per heavy atom. The van der Waals surface area contributed by atoms with Crippen LogP contribution in [0.2, 0.25) is 0 Å². The first-order valence-electron chi connectivity index (χ1n) is 8.91. The Labute approximate surface area is 136 Å². The van der Waals surface area contributed by atoms with Gasteiger partial charge < -0.3 is 0 Å². The summed E-state index contributed by atoms with van der Waals surface area (Å²) in [6.45, 7) is 2.25. The van der Waals surface area contributed by atoms with E-state index >= 15 is 0 Å². The van der Waals surface area contributed by atoms with Crippen molar-refractivity contribution < 1.29 is 8.42 Å². The molecule has 0 spiro atoms. The molecule has 0 aliphatic carbocycles. The number of rotatable bonds is 16. The topological polar surface area (TPSA) is 82.9 Å². The third kappa shape index (κ3) is 15.6. The van der Waals surface area contributed by atoms with Crippen LogP contribution in [0.1, 0.15) is 96.8 Å². The van der Waals surface area contributed by atoms with E-state index in [0.29, 0.717) is 6.42 Å². The second-order valence-electron chi connectivity index (χ2n) is 6.05. The number of nitrogens with zero attached hydrogens (tertiary/aromatic N) is 3. The molecule has 0 radical (unpaired) electrons. The van der Waals surface area contributed by atoms with Gasteiger partial charge in [0.2, 0.25) is 10.0 Å². The lowest BCUT2D eigenvalue weighted by Crippen LogP contribution is -2.00. The van der Waals surface area contributed by atoms with Crippen molar-refractivity contribution in [2.75, 3.05) is 5.75 Å². The van der Waals surface area contributed by atoms with Crippen LogP contribution in [-0.4, -0.2) is 14.2 Å². The van der Waals surface area contributed by atoms with Crippen LogP contribution in [0, 0.1) is 0 Å². The zero-order chi connectivity index (χ0) is 16.5. The Kier molecular flexibility index (Phi) is 14.7. The second-order valence-corrected chi connectivity index (χ2v) is 7.79. The standard InChI is InChI=1S/C16H33N3O2S/c1-2-3-4-5-6-7-8-9-10-11-12-13-14-15-16-22(20,21)19-18-17/h2-16H2,1H3. The Morgan fingerprint density at radius 1 is 0.727 bits per heavy atom. The van der Waals surface area contributed by atoms with Crippen LogP contribution in [0.5, 0.6) is 0 Å². The first-order chi connectivity index (χ1) is 10.6. The van der Waals surface area contributed by atoms with Crippen molar-refractivity contribution in [1.29, 1.82) is 0 Å². The highest BCUT2D eigenvalue weighted by Crippen LogP contribution is 2.13. The molecule has 0 aliphatic rings. The molecule has 5 nitrogen and oxygen atoms in total. The van der Waals surface area contributed by atoms with Gasteiger partial charge in [0.1, 0.15) is 0 Å². The number of unbranched alkanes of at least 4 members (excludes halogenated alkanes) is 13. The summed E-state index contributed by atoms with van der Waals surface area (Å²) < 4.78 is 25.1. The van der Waals surface area contributed by atoms with Crippen molar-refractivity contribution in [2.45, 2.75) is 96.8 Å². The molecular formula is C16H33N3O2S. The molecule has 0 aromatic heterocycles. The third-order valence-corrected chi connectivity index (χ3v) is 5.04. The largest absolute Gasteiger partial charge is 0.235 e. The van der Waals surface area contributed by atoms with Crippen LogP contribution in [0.4, 0.5) is 0 Å². The van der Waals surface area contributed by atoms with E-state index in [1.807, 2.05) is 0 Å². The minimum absolute atomic E-state index is 0.0188. The van der Waals surface area contributed by atoms with Gasteiger partial charge in [0.25, 0.3) is 0 Å². The average Bonchev–Trinajstić information content (AvgIpc) is 2.47. The molecule has 0 aromatic carbocycles. The van der Waals surface area contributed by atoms with Gasteiger partial charge in [-0.05, 0) is 12.0 Å². The molecule has 0 aliphatic heterocycles.